The van der Waals surface area contributed by atoms with Crippen molar-refractivity contribution in [1.29, 1.82) is 0 Å². The molecule has 10 nitrogen and oxygen atoms in total. The van der Waals surface area contributed by atoms with Crippen molar-refractivity contribution in [2.24, 2.45) is 5.73 Å². The Morgan fingerprint density at radius 2 is 1.52 bits per heavy atom. The second kappa shape index (κ2) is 11.8. The fraction of sp³-hybridized carbons (Fsp3) is 0.238. The molecule has 0 unspecified atom stereocenters. The number of primary amides is 1. The standard InChI is InChI=1S/C21H25N5O5/c1-26(18(27)13-23-21(30)31-14-16-10-6-3-7-11-16)17(19(28)24-25-20(22)29)12-15-8-4-2-5-9-15/h2-11,17H,12-14H2,1H3,(H,23,30)(H,24,28)(H3,22,25,29)/t17-/m0/s1. The summed E-state index contributed by atoms with van der Waals surface area (Å²) in [5, 5.41) is 2.37. The second-order valence-corrected chi connectivity index (χ2v) is 6.60. The van der Waals surface area contributed by atoms with Crippen LogP contribution in [0.15, 0.2) is 60.7 Å². The van der Waals surface area contributed by atoms with Gasteiger partial charge in [-0.2, -0.15) is 0 Å². The van der Waals surface area contributed by atoms with Gasteiger partial charge in [0.15, 0.2) is 0 Å². The number of carbonyl (C=O) groups is 4. The van der Waals surface area contributed by atoms with Gasteiger partial charge in [-0.05, 0) is 11.1 Å². The first kappa shape index (κ1) is 23.2. The van der Waals surface area contributed by atoms with Crippen molar-refractivity contribution in [3.63, 3.8) is 0 Å². The zero-order valence-electron chi connectivity index (χ0n) is 17.0. The monoisotopic (exact) mass is 427 g/mol. The average molecular weight is 427 g/mol. The summed E-state index contributed by atoms with van der Waals surface area (Å²) in [5.74, 6) is -1.16. The van der Waals surface area contributed by atoms with Gasteiger partial charge < -0.3 is 20.7 Å². The van der Waals surface area contributed by atoms with Gasteiger partial charge in [0.05, 0.1) is 0 Å². The van der Waals surface area contributed by atoms with Gasteiger partial charge in [0.1, 0.15) is 19.2 Å². The molecule has 5 N–H and O–H groups in total. The maximum Gasteiger partial charge on any atom is 0.407 e. The third-order valence-electron chi connectivity index (χ3n) is 4.34. The summed E-state index contributed by atoms with van der Waals surface area (Å²) in [6.45, 7) is -0.305. The molecule has 1 atom stereocenters. The van der Waals surface area contributed by atoms with Crippen molar-refractivity contribution >= 4 is 23.9 Å². The number of ether oxygens (including phenoxy) is 1. The summed E-state index contributed by atoms with van der Waals surface area (Å²) in [7, 11) is 1.43. The number of likely N-dealkylation sites (N-methyl/N-ethyl adjacent to an activating group) is 1. The van der Waals surface area contributed by atoms with E-state index in [1.54, 1.807) is 36.4 Å². The maximum absolute atomic E-state index is 12.6. The highest BCUT2D eigenvalue weighted by Gasteiger charge is 2.27. The van der Waals surface area contributed by atoms with Gasteiger partial charge in [0, 0.05) is 13.5 Å². The first-order chi connectivity index (χ1) is 14.9. The van der Waals surface area contributed by atoms with Gasteiger partial charge in [0.25, 0.3) is 5.91 Å². The van der Waals surface area contributed by atoms with Crippen LogP contribution in [0.2, 0.25) is 0 Å². The van der Waals surface area contributed by atoms with Crippen molar-refractivity contribution in [3.05, 3.63) is 71.8 Å². The SMILES string of the molecule is CN(C(=O)CNC(=O)OCc1ccccc1)[C@@H](Cc1ccccc1)C(=O)NNC(N)=O. The molecule has 10 heteroatoms. The molecule has 5 amide bonds. The Morgan fingerprint density at radius 3 is 2.10 bits per heavy atom. The van der Waals surface area contributed by atoms with Crippen LogP contribution >= 0.6 is 0 Å². The molecule has 0 saturated carbocycles. The van der Waals surface area contributed by atoms with E-state index in [-0.39, 0.29) is 19.6 Å². The number of nitrogens with two attached hydrogens (primary N) is 1. The van der Waals surface area contributed by atoms with Gasteiger partial charge in [-0.15, -0.1) is 0 Å². The van der Waals surface area contributed by atoms with Crippen LogP contribution in [0.1, 0.15) is 11.1 Å². The summed E-state index contributed by atoms with van der Waals surface area (Å²) in [6.07, 6.45) is -0.571. The molecular formula is C21H25N5O5. The molecule has 0 aliphatic heterocycles. The molecule has 0 radical (unpaired) electrons. The first-order valence-corrected chi connectivity index (χ1v) is 9.46. The Labute approximate surface area is 179 Å². The Kier molecular flexibility index (Phi) is 8.84. The molecule has 164 valence electrons. The molecule has 0 saturated heterocycles. The fourth-order valence-corrected chi connectivity index (χ4v) is 2.67. The van der Waals surface area contributed by atoms with E-state index in [2.05, 4.69) is 10.7 Å². The van der Waals surface area contributed by atoms with Crippen LogP contribution < -0.4 is 21.9 Å². The van der Waals surface area contributed by atoms with E-state index in [1.165, 1.54) is 11.9 Å². The molecule has 0 aromatic heterocycles. The van der Waals surface area contributed by atoms with Crippen LogP contribution in [0.3, 0.4) is 0 Å². The van der Waals surface area contributed by atoms with Gasteiger partial charge in [0.2, 0.25) is 5.91 Å². The third kappa shape index (κ3) is 8.05. The number of benzene rings is 2. The Morgan fingerprint density at radius 1 is 0.935 bits per heavy atom. The minimum Gasteiger partial charge on any atom is -0.445 e. The quantitative estimate of drug-likeness (QED) is 0.458. The molecular weight excluding hydrogens is 402 g/mol. The lowest BCUT2D eigenvalue weighted by Gasteiger charge is -2.27. The lowest BCUT2D eigenvalue weighted by Crippen LogP contribution is -2.55. The molecule has 0 aliphatic carbocycles. The number of nitrogens with zero attached hydrogens (tertiary/aromatic N) is 1. The number of urea groups is 1. The fourth-order valence-electron chi connectivity index (χ4n) is 2.67. The minimum atomic E-state index is -0.955. The highest BCUT2D eigenvalue weighted by molar-refractivity contribution is 5.90. The molecule has 0 fully saturated rings. The van der Waals surface area contributed by atoms with Crippen LogP contribution in [-0.4, -0.2) is 48.5 Å². The molecule has 0 heterocycles. The molecule has 0 spiro atoms. The summed E-state index contributed by atoms with van der Waals surface area (Å²) in [4.78, 5) is 49.0. The number of hydrogen-bond acceptors (Lipinski definition) is 5. The summed E-state index contributed by atoms with van der Waals surface area (Å²) in [5.41, 5.74) is 10.8. The third-order valence-corrected chi connectivity index (χ3v) is 4.34. The van der Waals surface area contributed by atoms with Crippen LogP contribution in [-0.2, 0) is 27.4 Å². The van der Waals surface area contributed by atoms with Crippen molar-refractivity contribution < 1.29 is 23.9 Å². The number of hydrogen-bond donors (Lipinski definition) is 4. The van der Waals surface area contributed by atoms with E-state index in [0.29, 0.717) is 0 Å². The van der Waals surface area contributed by atoms with Crippen LogP contribution in [0.5, 0.6) is 0 Å². The van der Waals surface area contributed by atoms with Gasteiger partial charge >= 0.3 is 12.1 Å². The normalized spacial score (nSPS) is 11.0. The van der Waals surface area contributed by atoms with Crippen LogP contribution in [0, 0.1) is 0 Å². The van der Waals surface area contributed by atoms with E-state index in [1.807, 2.05) is 29.7 Å². The van der Waals surface area contributed by atoms with Crippen LogP contribution in [0.25, 0.3) is 0 Å². The van der Waals surface area contributed by atoms with E-state index < -0.39 is 30.0 Å². The lowest BCUT2D eigenvalue weighted by atomic mass is 10.0. The van der Waals surface area contributed by atoms with E-state index in [9.17, 15) is 19.2 Å². The number of rotatable bonds is 8. The Balaban J connectivity index is 1.93. The van der Waals surface area contributed by atoms with Gasteiger partial charge in [-0.1, -0.05) is 60.7 Å². The van der Waals surface area contributed by atoms with Gasteiger partial charge in [-0.25, -0.2) is 15.0 Å². The number of nitrogens with one attached hydrogen (secondary N) is 3. The Hall–Kier alpha value is -4.08. The average Bonchev–Trinajstić information content (AvgIpc) is 2.78. The lowest BCUT2D eigenvalue weighted by molar-refractivity contribution is -0.138. The van der Waals surface area contributed by atoms with Crippen molar-refractivity contribution in [3.8, 4) is 0 Å². The Bertz CT molecular complexity index is 892. The molecule has 2 aromatic rings. The predicted octanol–water partition coefficient (Wildman–Crippen LogP) is 0.682. The smallest absolute Gasteiger partial charge is 0.407 e. The van der Waals surface area contributed by atoms with E-state index in [4.69, 9.17) is 10.5 Å². The molecule has 0 bridgehead atoms. The molecule has 2 aromatic carbocycles. The van der Waals surface area contributed by atoms with Crippen molar-refractivity contribution in [1.82, 2.24) is 21.1 Å². The largest absolute Gasteiger partial charge is 0.445 e. The zero-order chi connectivity index (χ0) is 22.6. The van der Waals surface area contributed by atoms with E-state index in [0.717, 1.165) is 11.1 Å². The predicted molar refractivity (Wildman–Crippen MR) is 112 cm³/mol. The zero-order valence-corrected chi connectivity index (χ0v) is 17.0. The number of alkyl carbamates (subject to hydrolysis) is 1. The minimum absolute atomic E-state index is 0.0640. The number of amides is 5. The van der Waals surface area contributed by atoms with Crippen LogP contribution in [0.4, 0.5) is 9.59 Å². The second-order valence-electron chi connectivity index (χ2n) is 6.60. The molecule has 0 aliphatic rings. The number of carbonyl (C=O) groups excluding carboxylic acids is 4. The van der Waals surface area contributed by atoms with Crippen molar-refractivity contribution in [2.45, 2.75) is 19.1 Å². The number of hydrazine groups is 1. The summed E-state index contributed by atoms with van der Waals surface area (Å²) < 4.78 is 5.07. The molecule has 2 rings (SSSR count). The first-order valence-electron chi connectivity index (χ1n) is 9.46. The summed E-state index contributed by atoms with van der Waals surface area (Å²) >= 11 is 0. The van der Waals surface area contributed by atoms with E-state index >= 15 is 0 Å². The topological polar surface area (TPSA) is 143 Å². The summed E-state index contributed by atoms with van der Waals surface area (Å²) in [6, 6.07) is 16.2. The maximum atomic E-state index is 12.6. The van der Waals surface area contributed by atoms with Crippen molar-refractivity contribution in [2.75, 3.05) is 13.6 Å². The highest BCUT2D eigenvalue weighted by Crippen LogP contribution is 2.09. The highest BCUT2D eigenvalue weighted by atomic mass is 16.5. The molecule has 31 heavy (non-hydrogen) atoms. The van der Waals surface area contributed by atoms with Gasteiger partial charge in [-0.3, -0.25) is 15.0 Å².